The number of carbonyl (C=O) groups excluding carboxylic acids is 3. The summed E-state index contributed by atoms with van der Waals surface area (Å²) < 4.78 is 27.8. The summed E-state index contributed by atoms with van der Waals surface area (Å²) in [5.41, 5.74) is -0.125. The molecule has 31 heavy (non-hydrogen) atoms. The molecular formula is C22H25F2N3O3S. The van der Waals surface area contributed by atoms with Gasteiger partial charge >= 0.3 is 0 Å². The quantitative estimate of drug-likeness (QED) is 0.605. The van der Waals surface area contributed by atoms with Crippen LogP contribution in [0.25, 0.3) is 0 Å². The largest absolute Gasteiger partial charge is 0.340 e. The number of thioether (sulfide) groups is 1. The highest BCUT2D eigenvalue weighted by Gasteiger charge is 2.30. The Hall–Kier alpha value is -2.94. The van der Waals surface area contributed by atoms with Crippen LogP contribution >= 0.6 is 11.8 Å². The van der Waals surface area contributed by atoms with Crippen molar-refractivity contribution in [3.63, 3.8) is 0 Å². The van der Waals surface area contributed by atoms with Crippen molar-refractivity contribution in [1.29, 1.82) is 0 Å². The lowest BCUT2D eigenvalue weighted by atomic mass is 10.0. The lowest BCUT2D eigenvalue weighted by Crippen LogP contribution is -2.51. The van der Waals surface area contributed by atoms with Crippen molar-refractivity contribution in [2.75, 3.05) is 25.2 Å². The maximum Gasteiger partial charge on any atom is 0.257 e. The first-order valence-electron chi connectivity index (χ1n) is 9.58. The van der Waals surface area contributed by atoms with Crippen molar-refractivity contribution in [1.82, 2.24) is 10.2 Å². The molecule has 3 amide bonds. The first kappa shape index (κ1) is 24.3. The molecule has 2 rings (SSSR count). The van der Waals surface area contributed by atoms with Crippen molar-refractivity contribution in [2.24, 2.45) is 5.92 Å². The smallest absolute Gasteiger partial charge is 0.257 e. The highest BCUT2D eigenvalue weighted by molar-refractivity contribution is 7.98. The van der Waals surface area contributed by atoms with Crippen LogP contribution in [0.15, 0.2) is 47.4 Å². The summed E-state index contributed by atoms with van der Waals surface area (Å²) >= 11 is 1.47. The Bertz CT molecular complexity index is 949. The number of likely N-dealkylation sites (N-methyl/N-ethyl adjacent to an activating group) is 1. The first-order chi connectivity index (χ1) is 14.6. The van der Waals surface area contributed by atoms with Crippen LogP contribution in [0.3, 0.4) is 0 Å². The van der Waals surface area contributed by atoms with Crippen LogP contribution in [0.5, 0.6) is 0 Å². The van der Waals surface area contributed by atoms with Gasteiger partial charge in [-0.25, -0.2) is 8.78 Å². The van der Waals surface area contributed by atoms with E-state index in [1.807, 2.05) is 18.4 Å². The molecule has 0 spiro atoms. The van der Waals surface area contributed by atoms with Crippen molar-refractivity contribution in [2.45, 2.75) is 24.8 Å². The van der Waals surface area contributed by atoms with E-state index in [2.05, 4.69) is 10.6 Å². The third-order valence-electron chi connectivity index (χ3n) is 4.55. The van der Waals surface area contributed by atoms with Crippen LogP contribution in [0.4, 0.5) is 14.5 Å². The van der Waals surface area contributed by atoms with E-state index in [4.69, 9.17) is 0 Å². The summed E-state index contributed by atoms with van der Waals surface area (Å²) in [6.07, 6.45) is 1.88. The first-order valence-corrected chi connectivity index (χ1v) is 10.8. The van der Waals surface area contributed by atoms with Crippen molar-refractivity contribution < 1.29 is 23.2 Å². The van der Waals surface area contributed by atoms with E-state index in [9.17, 15) is 23.2 Å². The van der Waals surface area contributed by atoms with Crippen LogP contribution in [0.1, 0.15) is 24.2 Å². The van der Waals surface area contributed by atoms with E-state index in [1.165, 1.54) is 23.7 Å². The Morgan fingerprint density at radius 1 is 1.03 bits per heavy atom. The molecule has 0 aliphatic heterocycles. The third-order valence-corrected chi connectivity index (χ3v) is 5.34. The fraction of sp³-hybridized carbons (Fsp3) is 0.318. The molecule has 1 atom stereocenters. The van der Waals surface area contributed by atoms with Gasteiger partial charge in [0.15, 0.2) is 0 Å². The second kappa shape index (κ2) is 10.9. The van der Waals surface area contributed by atoms with Gasteiger partial charge < -0.3 is 15.5 Å². The van der Waals surface area contributed by atoms with E-state index in [-0.39, 0.29) is 12.5 Å². The van der Waals surface area contributed by atoms with Crippen LogP contribution in [-0.2, 0) is 9.59 Å². The van der Waals surface area contributed by atoms with E-state index < -0.39 is 41.0 Å². The highest BCUT2D eigenvalue weighted by atomic mass is 32.2. The Morgan fingerprint density at radius 2 is 1.65 bits per heavy atom. The van der Waals surface area contributed by atoms with Gasteiger partial charge in [0.2, 0.25) is 11.8 Å². The minimum absolute atomic E-state index is 0.255. The number of carbonyl (C=O) groups is 3. The molecule has 1 unspecified atom stereocenters. The molecule has 0 saturated carbocycles. The summed E-state index contributed by atoms with van der Waals surface area (Å²) in [6, 6.07) is 9.27. The molecule has 0 radical (unpaired) electrons. The maximum atomic E-state index is 13.9. The summed E-state index contributed by atoms with van der Waals surface area (Å²) in [4.78, 5) is 39.8. The van der Waals surface area contributed by atoms with Gasteiger partial charge in [0.1, 0.15) is 23.2 Å². The number of hydrogen-bond acceptors (Lipinski definition) is 4. The van der Waals surface area contributed by atoms with Gasteiger partial charge in [-0.1, -0.05) is 32.0 Å². The van der Waals surface area contributed by atoms with Gasteiger partial charge in [0.25, 0.3) is 5.91 Å². The van der Waals surface area contributed by atoms with Crippen molar-refractivity contribution in [3.8, 4) is 0 Å². The standard InChI is InChI=1S/C22H25F2N3O3S/c1-13(2)20(26-21(29)19-14(23)8-7-9-15(19)24)22(30)27(3)12-18(28)25-16-10-5-6-11-17(16)31-4/h5-11,13,20H,12H2,1-4H3,(H,25,28)(H,26,29). The molecule has 6 nitrogen and oxygen atoms in total. The summed E-state index contributed by atoms with van der Waals surface area (Å²) in [6.45, 7) is 3.11. The van der Waals surface area contributed by atoms with Gasteiger partial charge in [-0.05, 0) is 36.4 Å². The Morgan fingerprint density at radius 3 is 2.23 bits per heavy atom. The topological polar surface area (TPSA) is 78.5 Å². The monoisotopic (exact) mass is 449 g/mol. The second-order valence-electron chi connectivity index (χ2n) is 7.23. The SMILES string of the molecule is CSc1ccccc1NC(=O)CN(C)C(=O)C(NC(=O)c1c(F)cccc1F)C(C)C. The molecular weight excluding hydrogens is 424 g/mol. The number of benzene rings is 2. The van der Waals surface area contributed by atoms with Gasteiger partial charge in [0.05, 0.1) is 12.2 Å². The fourth-order valence-corrected chi connectivity index (χ4v) is 3.46. The molecule has 0 aliphatic carbocycles. The second-order valence-corrected chi connectivity index (χ2v) is 8.08. The molecule has 0 aliphatic rings. The number of nitrogens with zero attached hydrogens (tertiary/aromatic N) is 1. The average molecular weight is 450 g/mol. The van der Waals surface area contributed by atoms with Gasteiger partial charge in [0, 0.05) is 11.9 Å². The van der Waals surface area contributed by atoms with Crippen molar-refractivity contribution in [3.05, 3.63) is 59.7 Å². The number of halogens is 2. The molecule has 2 N–H and O–H groups in total. The fourth-order valence-electron chi connectivity index (χ4n) is 2.91. The number of anilines is 1. The van der Waals surface area contributed by atoms with Crippen LogP contribution in [0.2, 0.25) is 0 Å². The van der Waals surface area contributed by atoms with Crippen LogP contribution in [0, 0.1) is 17.6 Å². The van der Waals surface area contributed by atoms with Gasteiger partial charge in [-0.3, -0.25) is 14.4 Å². The number of para-hydroxylation sites is 1. The molecule has 166 valence electrons. The average Bonchev–Trinajstić information content (AvgIpc) is 2.71. The molecule has 9 heteroatoms. The van der Waals surface area contributed by atoms with E-state index in [0.717, 1.165) is 23.1 Å². The molecule has 2 aromatic rings. The van der Waals surface area contributed by atoms with Crippen molar-refractivity contribution >= 4 is 35.2 Å². The number of nitrogens with one attached hydrogen (secondary N) is 2. The minimum Gasteiger partial charge on any atom is -0.340 e. The normalized spacial score (nSPS) is 11.7. The predicted octanol–water partition coefficient (Wildman–Crippen LogP) is 3.54. The number of hydrogen-bond donors (Lipinski definition) is 2. The van der Waals surface area contributed by atoms with E-state index >= 15 is 0 Å². The summed E-state index contributed by atoms with van der Waals surface area (Å²) in [5, 5.41) is 5.15. The van der Waals surface area contributed by atoms with Crippen LogP contribution in [-0.4, -0.2) is 48.5 Å². The predicted molar refractivity (Wildman–Crippen MR) is 117 cm³/mol. The summed E-state index contributed by atoms with van der Waals surface area (Å²) in [5.74, 6) is -4.41. The number of rotatable bonds is 8. The third kappa shape index (κ3) is 6.27. The zero-order valence-corrected chi connectivity index (χ0v) is 18.6. The maximum absolute atomic E-state index is 13.9. The Balaban J connectivity index is 2.08. The molecule has 2 aromatic carbocycles. The summed E-state index contributed by atoms with van der Waals surface area (Å²) in [7, 11) is 1.42. The molecule has 0 aromatic heterocycles. The molecule has 0 bridgehead atoms. The van der Waals surface area contributed by atoms with Gasteiger partial charge in [-0.15, -0.1) is 11.8 Å². The van der Waals surface area contributed by atoms with E-state index in [1.54, 1.807) is 26.0 Å². The Kier molecular flexibility index (Phi) is 8.56. The lowest BCUT2D eigenvalue weighted by molar-refractivity contribution is -0.135. The minimum atomic E-state index is -1.07. The highest BCUT2D eigenvalue weighted by Crippen LogP contribution is 2.24. The zero-order chi connectivity index (χ0) is 23.1. The molecule has 0 heterocycles. The Labute approximate surface area is 184 Å². The van der Waals surface area contributed by atoms with Crippen LogP contribution < -0.4 is 10.6 Å². The molecule has 0 saturated heterocycles. The molecule has 0 fully saturated rings. The van der Waals surface area contributed by atoms with E-state index in [0.29, 0.717) is 5.69 Å². The van der Waals surface area contributed by atoms with Gasteiger partial charge in [-0.2, -0.15) is 0 Å². The number of amides is 3. The lowest BCUT2D eigenvalue weighted by Gasteiger charge is -2.27. The zero-order valence-electron chi connectivity index (χ0n) is 17.7.